The second-order valence-corrected chi connectivity index (χ2v) is 8.86. The lowest BCUT2D eigenvalue weighted by Gasteiger charge is -2.36. The smallest absolute Gasteiger partial charge is 0.134 e. The number of benzene rings is 3. The third kappa shape index (κ3) is 5.91. The van der Waals surface area contributed by atoms with E-state index in [-0.39, 0.29) is 5.82 Å². The van der Waals surface area contributed by atoms with Crippen LogP contribution in [0, 0.1) is 5.82 Å². The van der Waals surface area contributed by atoms with Gasteiger partial charge in [-0.25, -0.2) is 4.39 Å². The van der Waals surface area contributed by atoms with Gasteiger partial charge in [0, 0.05) is 38.3 Å². The number of thiocarbonyl (C=S) groups is 1. The van der Waals surface area contributed by atoms with Gasteiger partial charge in [0.1, 0.15) is 23.2 Å². The van der Waals surface area contributed by atoms with Crippen LogP contribution in [-0.4, -0.2) is 41.0 Å². The van der Waals surface area contributed by atoms with E-state index in [0.717, 1.165) is 59.1 Å². The second-order valence-electron chi connectivity index (χ2n) is 7.61. The summed E-state index contributed by atoms with van der Waals surface area (Å²) in [4.78, 5) is 5.61. The molecule has 0 radical (unpaired) electrons. The maximum atomic E-state index is 13.0. The molecule has 0 bridgehead atoms. The molecular formula is C25H24BrFN2OS. The molecule has 0 saturated carbocycles. The summed E-state index contributed by atoms with van der Waals surface area (Å²) in [7, 11) is 0. The predicted octanol–water partition coefficient (Wildman–Crippen LogP) is 5.66. The van der Waals surface area contributed by atoms with Crippen molar-refractivity contribution in [2.45, 2.75) is 13.2 Å². The monoisotopic (exact) mass is 498 g/mol. The number of piperazine rings is 1. The highest BCUT2D eigenvalue weighted by Crippen LogP contribution is 2.28. The minimum atomic E-state index is -0.247. The Bertz CT molecular complexity index is 1020. The molecule has 3 aromatic carbocycles. The largest absolute Gasteiger partial charge is 0.488 e. The van der Waals surface area contributed by atoms with Crippen LogP contribution in [0.25, 0.3) is 0 Å². The van der Waals surface area contributed by atoms with Crippen molar-refractivity contribution in [3.63, 3.8) is 0 Å². The summed E-state index contributed by atoms with van der Waals surface area (Å²) in [5, 5.41) is 0. The fourth-order valence-corrected chi connectivity index (χ4v) is 4.43. The van der Waals surface area contributed by atoms with Crippen molar-refractivity contribution >= 4 is 33.1 Å². The number of rotatable bonds is 6. The van der Waals surface area contributed by atoms with E-state index in [1.165, 1.54) is 17.7 Å². The first kappa shape index (κ1) is 21.9. The molecule has 1 saturated heterocycles. The van der Waals surface area contributed by atoms with Crippen LogP contribution in [0.15, 0.2) is 77.3 Å². The van der Waals surface area contributed by atoms with Crippen LogP contribution in [0.4, 0.5) is 4.39 Å². The maximum Gasteiger partial charge on any atom is 0.134 e. The third-order valence-corrected chi connectivity index (χ3v) is 6.51. The molecule has 3 aromatic rings. The average molecular weight is 499 g/mol. The summed E-state index contributed by atoms with van der Waals surface area (Å²) in [6, 6.07) is 22.9. The Morgan fingerprint density at radius 1 is 0.903 bits per heavy atom. The van der Waals surface area contributed by atoms with Gasteiger partial charge in [0.15, 0.2) is 0 Å². The lowest BCUT2D eigenvalue weighted by atomic mass is 10.1. The summed E-state index contributed by atoms with van der Waals surface area (Å²) in [5.74, 6) is 0.493. The normalized spacial score (nSPS) is 14.5. The van der Waals surface area contributed by atoms with Crippen LogP contribution in [0.2, 0.25) is 0 Å². The maximum absolute atomic E-state index is 13.0. The van der Waals surface area contributed by atoms with Gasteiger partial charge in [-0.05, 0) is 57.4 Å². The zero-order valence-corrected chi connectivity index (χ0v) is 19.5. The first-order valence-corrected chi connectivity index (χ1v) is 11.5. The van der Waals surface area contributed by atoms with Crippen molar-refractivity contribution < 1.29 is 9.13 Å². The number of hydrogen-bond acceptors (Lipinski definition) is 3. The highest BCUT2D eigenvalue weighted by molar-refractivity contribution is 9.10. The molecular weight excluding hydrogens is 475 g/mol. The second kappa shape index (κ2) is 10.4. The van der Waals surface area contributed by atoms with Gasteiger partial charge in [-0.3, -0.25) is 4.90 Å². The number of hydrogen-bond donors (Lipinski definition) is 0. The van der Waals surface area contributed by atoms with Crippen LogP contribution in [0.5, 0.6) is 5.75 Å². The topological polar surface area (TPSA) is 15.7 Å². The molecule has 0 N–H and O–H groups in total. The Morgan fingerprint density at radius 2 is 1.61 bits per heavy atom. The summed E-state index contributed by atoms with van der Waals surface area (Å²) in [6.45, 7) is 5.20. The molecule has 160 valence electrons. The summed E-state index contributed by atoms with van der Waals surface area (Å²) < 4.78 is 19.8. The van der Waals surface area contributed by atoms with E-state index in [2.05, 4.69) is 56.1 Å². The molecule has 1 heterocycles. The number of nitrogens with zero attached hydrogens (tertiary/aromatic N) is 2. The fraction of sp³-hybridized carbons (Fsp3) is 0.240. The van der Waals surface area contributed by atoms with E-state index in [1.807, 2.05) is 18.2 Å². The fourth-order valence-electron chi connectivity index (χ4n) is 3.63. The molecule has 0 aromatic heterocycles. The van der Waals surface area contributed by atoms with Gasteiger partial charge in [-0.1, -0.05) is 54.7 Å². The quantitative estimate of drug-likeness (QED) is 0.407. The van der Waals surface area contributed by atoms with E-state index < -0.39 is 0 Å². The average Bonchev–Trinajstić information content (AvgIpc) is 2.80. The molecule has 1 aliphatic rings. The Hall–Kier alpha value is -2.28. The summed E-state index contributed by atoms with van der Waals surface area (Å²) in [5.41, 5.74) is 3.27. The van der Waals surface area contributed by atoms with Crippen LogP contribution in [0.1, 0.15) is 16.7 Å². The van der Waals surface area contributed by atoms with Crippen molar-refractivity contribution in [3.8, 4) is 5.75 Å². The lowest BCUT2D eigenvalue weighted by Crippen LogP contribution is -2.48. The van der Waals surface area contributed by atoms with Crippen molar-refractivity contribution in [3.05, 3.63) is 99.8 Å². The van der Waals surface area contributed by atoms with Gasteiger partial charge in [0.25, 0.3) is 0 Å². The van der Waals surface area contributed by atoms with Crippen LogP contribution in [0.3, 0.4) is 0 Å². The Morgan fingerprint density at radius 3 is 2.29 bits per heavy atom. The number of halogens is 2. The molecule has 0 spiro atoms. The highest BCUT2D eigenvalue weighted by atomic mass is 79.9. The molecule has 0 aliphatic carbocycles. The van der Waals surface area contributed by atoms with Crippen molar-refractivity contribution in [2.24, 2.45) is 0 Å². The SMILES string of the molecule is Fc1ccc(COc2ccc(C(=S)N3CCN(Cc4ccccc4)CC3)cc2Br)cc1. The van der Waals surface area contributed by atoms with Gasteiger partial charge in [0.2, 0.25) is 0 Å². The lowest BCUT2D eigenvalue weighted by molar-refractivity contribution is 0.177. The first-order valence-electron chi connectivity index (χ1n) is 10.3. The van der Waals surface area contributed by atoms with Gasteiger partial charge in [-0.2, -0.15) is 0 Å². The van der Waals surface area contributed by atoms with Crippen molar-refractivity contribution in [1.29, 1.82) is 0 Å². The zero-order chi connectivity index (χ0) is 21.6. The Kier molecular flexibility index (Phi) is 7.33. The van der Waals surface area contributed by atoms with E-state index in [9.17, 15) is 4.39 Å². The summed E-state index contributed by atoms with van der Waals surface area (Å²) >= 11 is 9.38. The molecule has 1 aliphatic heterocycles. The van der Waals surface area contributed by atoms with Crippen LogP contribution in [-0.2, 0) is 13.2 Å². The minimum absolute atomic E-state index is 0.247. The zero-order valence-electron chi connectivity index (χ0n) is 17.1. The minimum Gasteiger partial charge on any atom is -0.488 e. The highest BCUT2D eigenvalue weighted by Gasteiger charge is 2.20. The van der Waals surface area contributed by atoms with Gasteiger partial charge < -0.3 is 9.64 Å². The van der Waals surface area contributed by atoms with Crippen LogP contribution >= 0.6 is 28.1 Å². The predicted molar refractivity (Wildman–Crippen MR) is 130 cm³/mol. The standard InChI is InChI=1S/C25H24BrFN2OS/c26-23-16-21(8-11-24(23)30-18-20-6-9-22(27)10-7-20)25(31)29-14-12-28(13-15-29)17-19-4-2-1-3-5-19/h1-11,16H,12-15,17-18H2. The van der Waals surface area contributed by atoms with Gasteiger partial charge >= 0.3 is 0 Å². The van der Waals surface area contributed by atoms with Gasteiger partial charge in [-0.15, -0.1) is 0 Å². The molecule has 0 amide bonds. The molecule has 6 heteroatoms. The van der Waals surface area contributed by atoms with Gasteiger partial charge in [0.05, 0.1) is 4.47 Å². The van der Waals surface area contributed by atoms with E-state index >= 15 is 0 Å². The molecule has 0 unspecified atom stereocenters. The summed E-state index contributed by atoms with van der Waals surface area (Å²) in [6.07, 6.45) is 0. The first-order chi connectivity index (χ1) is 15.1. The molecule has 0 atom stereocenters. The van der Waals surface area contributed by atoms with E-state index in [1.54, 1.807) is 12.1 Å². The Balaban J connectivity index is 1.31. The van der Waals surface area contributed by atoms with Crippen molar-refractivity contribution in [2.75, 3.05) is 26.2 Å². The third-order valence-electron chi connectivity index (χ3n) is 5.39. The van der Waals surface area contributed by atoms with E-state index in [4.69, 9.17) is 17.0 Å². The molecule has 31 heavy (non-hydrogen) atoms. The van der Waals surface area contributed by atoms with Crippen molar-refractivity contribution in [1.82, 2.24) is 9.80 Å². The molecule has 4 rings (SSSR count). The number of ether oxygens (including phenoxy) is 1. The molecule has 3 nitrogen and oxygen atoms in total. The van der Waals surface area contributed by atoms with E-state index in [0.29, 0.717) is 6.61 Å². The van der Waals surface area contributed by atoms with Crippen LogP contribution < -0.4 is 4.74 Å². The Labute approximate surface area is 196 Å². The molecule has 1 fully saturated rings.